The highest BCUT2D eigenvalue weighted by Gasteiger charge is 2.42. The quantitative estimate of drug-likeness (QED) is 0.547. The molecule has 29 heavy (non-hydrogen) atoms. The van der Waals surface area contributed by atoms with Crippen LogP contribution in [-0.4, -0.2) is 89.1 Å². The predicted octanol–water partition coefficient (Wildman–Crippen LogP) is 0.390. The average molecular weight is 427 g/mol. The fourth-order valence-corrected chi connectivity index (χ4v) is 4.86. The van der Waals surface area contributed by atoms with Gasteiger partial charge >= 0.3 is 6.03 Å². The second-order valence-corrected chi connectivity index (χ2v) is 8.34. The highest BCUT2D eigenvalue weighted by Crippen LogP contribution is 2.32. The molecule has 1 atom stereocenters. The van der Waals surface area contributed by atoms with Gasteiger partial charge < -0.3 is 29.7 Å². The number of morpholine rings is 1. The lowest BCUT2D eigenvalue weighted by Gasteiger charge is -2.45. The number of nitrogens with one attached hydrogen (secondary N) is 2. The van der Waals surface area contributed by atoms with Crippen molar-refractivity contribution in [2.75, 3.05) is 57.4 Å². The molecule has 3 aliphatic rings. The molecule has 1 aliphatic carbocycles. The minimum Gasteiger partial charge on any atom is -0.472 e. The third kappa shape index (κ3) is 4.73. The molecular formula is C18H30N6O4S. The van der Waals surface area contributed by atoms with Crippen molar-refractivity contribution in [2.45, 2.75) is 43.9 Å². The number of aliphatic hydroxyl groups is 1. The number of anilines is 1. The lowest BCUT2D eigenvalue weighted by atomic mass is 9.87. The molecule has 1 aromatic heterocycles. The van der Waals surface area contributed by atoms with E-state index >= 15 is 0 Å². The first kappa shape index (κ1) is 20.6. The highest BCUT2D eigenvalue weighted by atomic mass is 32.1. The van der Waals surface area contributed by atoms with Crippen molar-refractivity contribution in [1.82, 2.24) is 24.3 Å². The molecule has 0 bridgehead atoms. The van der Waals surface area contributed by atoms with Gasteiger partial charge in [-0.25, -0.2) is 4.79 Å². The number of nitrogens with zero attached hydrogens (tertiary/aromatic N) is 4. The molecule has 1 aromatic rings. The number of hydrogen-bond donors (Lipinski definition) is 3. The fraction of sp³-hybridized carbons (Fsp3) is 0.833. The number of ether oxygens (including phenoxy) is 2. The van der Waals surface area contributed by atoms with Crippen LogP contribution in [0.5, 0.6) is 5.88 Å². The summed E-state index contributed by atoms with van der Waals surface area (Å²) in [6.07, 6.45) is 4.45. The molecule has 3 fully saturated rings. The van der Waals surface area contributed by atoms with Gasteiger partial charge in [0.1, 0.15) is 12.7 Å². The van der Waals surface area contributed by atoms with E-state index in [0.29, 0.717) is 38.7 Å². The van der Waals surface area contributed by atoms with Crippen molar-refractivity contribution in [2.24, 2.45) is 0 Å². The molecule has 3 N–H and O–H groups in total. The van der Waals surface area contributed by atoms with Gasteiger partial charge in [0.2, 0.25) is 5.82 Å². The lowest BCUT2D eigenvalue weighted by Crippen LogP contribution is -2.62. The van der Waals surface area contributed by atoms with E-state index in [1.807, 2.05) is 4.90 Å². The number of carbonyl (C=O) groups is 1. The molecule has 0 radical (unpaired) electrons. The summed E-state index contributed by atoms with van der Waals surface area (Å²) in [7, 11) is 0. The van der Waals surface area contributed by atoms with Gasteiger partial charge in [0.05, 0.1) is 30.6 Å². The minimum atomic E-state index is -0.710. The lowest BCUT2D eigenvalue weighted by molar-refractivity contribution is 0.0376. The average Bonchev–Trinajstić information content (AvgIpc) is 3.41. The van der Waals surface area contributed by atoms with Crippen LogP contribution in [0.15, 0.2) is 0 Å². The van der Waals surface area contributed by atoms with E-state index in [2.05, 4.69) is 24.3 Å². The zero-order chi connectivity index (χ0) is 20.1. The summed E-state index contributed by atoms with van der Waals surface area (Å²) in [5.74, 6) is 1.18. The normalized spacial score (nSPS) is 23.1. The van der Waals surface area contributed by atoms with Gasteiger partial charge in [-0.15, -0.1) is 4.37 Å². The molecule has 0 spiro atoms. The smallest absolute Gasteiger partial charge is 0.318 e. The number of hydrogen-bond acceptors (Lipinski definition) is 9. The van der Waals surface area contributed by atoms with Gasteiger partial charge in [-0.1, -0.05) is 6.42 Å². The van der Waals surface area contributed by atoms with Crippen molar-refractivity contribution in [3.05, 3.63) is 0 Å². The number of rotatable bonds is 8. The van der Waals surface area contributed by atoms with Crippen molar-refractivity contribution in [3.8, 4) is 5.88 Å². The molecule has 2 saturated heterocycles. The molecule has 162 valence electrons. The number of carbonyl (C=O) groups excluding carboxylic acids is 1. The molecule has 2 aliphatic heterocycles. The van der Waals surface area contributed by atoms with Crippen molar-refractivity contribution >= 4 is 23.6 Å². The van der Waals surface area contributed by atoms with Crippen LogP contribution in [0, 0.1) is 0 Å². The summed E-state index contributed by atoms with van der Waals surface area (Å²) in [5, 5.41) is 16.9. The summed E-state index contributed by atoms with van der Waals surface area (Å²) < 4.78 is 19.7. The molecule has 1 unspecified atom stereocenters. The van der Waals surface area contributed by atoms with E-state index in [-0.39, 0.29) is 18.3 Å². The Bertz CT molecular complexity index is 677. The van der Waals surface area contributed by atoms with E-state index in [9.17, 15) is 9.90 Å². The summed E-state index contributed by atoms with van der Waals surface area (Å²) in [6.45, 7) is 4.69. The molecule has 10 nitrogen and oxygen atoms in total. The Morgan fingerprint density at radius 2 is 2.03 bits per heavy atom. The van der Waals surface area contributed by atoms with Crippen LogP contribution < -0.4 is 20.3 Å². The number of aliphatic hydroxyl groups excluding tert-OH is 1. The molecule has 4 rings (SSSR count). The van der Waals surface area contributed by atoms with Crippen LogP contribution in [0.1, 0.15) is 32.1 Å². The number of amides is 2. The maximum absolute atomic E-state index is 12.3. The fourth-order valence-electron chi connectivity index (χ4n) is 4.34. The second kappa shape index (κ2) is 9.41. The molecule has 3 heterocycles. The first-order valence-corrected chi connectivity index (χ1v) is 11.2. The van der Waals surface area contributed by atoms with Gasteiger partial charge in [-0.2, -0.15) is 4.37 Å². The van der Waals surface area contributed by atoms with Gasteiger partial charge in [0, 0.05) is 32.7 Å². The monoisotopic (exact) mass is 426 g/mol. The maximum atomic E-state index is 12.3. The van der Waals surface area contributed by atoms with E-state index in [1.54, 1.807) is 0 Å². The van der Waals surface area contributed by atoms with E-state index in [0.717, 1.165) is 56.3 Å². The topological polar surface area (TPSA) is 112 Å². The van der Waals surface area contributed by atoms with E-state index in [4.69, 9.17) is 9.47 Å². The van der Waals surface area contributed by atoms with Gasteiger partial charge in [-0.3, -0.25) is 5.32 Å². The Balaban J connectivity index is 1.31. The molecular weight excluding hydrogens is 396 g/mol. The summed E-state index contributed by atoms with van der Waals surface area (Å²) in [5.41, 5.74) is -0.374. The summed E-state index contributed by atoms with van der Waals surface area (Å²) in [4.78, 5) is 16.2. The Morgan fingerprint density at radius 3 is 2.76 bits per heavy atom. The predicted molar refractivity (Wildman–Crippen MR) is 108 cm³/mol. The first-order valence-electron chi connectivity index (χ1n) is 10.4. The first-order chi connectivity index (χ1) is 14.2. The summed E-state index contributed by atoms with van der Waals surface area (Å²) in [6, 6.07) is -0.0196. The Labute approximate surface area is 174 Å². The maximum Gasteiger partial charge on any atom is 0.318 e. The third-order valence-electron chi connectivity index (χ3n) is 5.89. The Kier molecular flexibility index (Phi) is 6.68. The van der Waals surface area contributed by atoms with Crippen molar-refractivity contribution in [1.29, 1.82) is 0 Å². The van der Waals surface area contributed by atoms with Crippen LogP contribution in [-0.2, 0) is 4.74 Å². The van der Waals surface area contributed by atoms with E-state index in [1.165, 1.54) is 6.42 Å². The van der Waals surface area contributed by atoms with Crippen LogP contribution in [0.3, 0.4) is 0 Å². The van der Waals surface area contributed by atoms with E-state index < -0.39 is 6.10 Å². The molecule has 0 aromatic carbocycles. The van der Waals surface area contributed by atoms with Crippen molar-refractivity contribution in [3.63, 3.8) is 0 Å². The number of aromatic nitrogens is 2. The second-order valence-electron chi connectivity index (χ2n) is 7.81. The zero-order valence-electron chi connectivity index (χ0n) is 16.6. The molecule has 1 saturated carbocycles. The van der Waals surface area contributed by atoms with Gasteiger partial charge in [0.15, 0.2) is 0 Å². The van der Waals surface area contributed by atoms with Crippen LogP contribution in [0.2, 0.25) is 0 Å². The van der Waals surface area contributed by atoms with Gasteiger partial charge in [-0.05, 0) is 25.7 Å². The number of urea groups is 1. The Morgan fingerprint density at radius 1 is 1.24 bits per heavy atom. The SMILES string of the molecule is O=C1NCCN1C1(NCC(O)COc2nsnc2N2CCOCC2)CCCCC1. The molecule has 11 heteroatoms. The minimum absolute atomic E-state index is 0.0196. The van der Waals surface area contributed by atoms with Crippen molar-refractivity contribution < 1.29 is 19.4 Å². The van der Waals surface area contributed by atoms with Gasteiger partial charge in [0.25, 0.3) is 5.88 Å². The standard InChI is InChI=1S/C18H30N6O4S/c25-14(13-28-16-15(21-29-22-16)23-8-10-27-11-9-23)12-20-18(4-2-1-3-5-18)24-7-6-19-17(24)26/h14,20,25H,1-13H2,(H,19,26). The Hall–Kier alpha value is -1.69. The molecule has 2 amide bonds. The largest absolute Gasteiger partial charge is 0.472 e. The summed E-state index contributed by atoms with van der Waals surface area (Å²) >= 11 is 1.11. The highest BCUT2D eigenvalue weighted by molar-refractivity contribution is 6.99. The zero-order valence-corrected chi connectivity index (χ0v) is 17.5. The van der Waals surface area contributed by atoms with Crippen LogP contribution in [0.4, 0.5) is 10.6 Å². The van der Waals surface area contributed by atoms with Crippen LogP contribution >= 0.6 is 11.7 Å². The van der Waals surface area contributed by atoms with Crippen LogP contribution in [0.25, 0.3) is 0 Å². The third-order valence-corrected chi connectivity index (χ3v) is 6.39.